The van der Waals surface area contributed by atoms with E-state index in [2.05, 4.69) is 66.7 Å². The molecule has 114 valence electrons. The van der Waals surface area contributed by atoms with Gasteiger partial charge in [0.1, 0.15) is 0 Å². The lowest BCUT2D eigenvalue weighted by molar-refractivity contribution is 0.901. The van der Waals surface area contributed by atoms with Gasteiger partial charge in [0.2, 0.25) is 0 Å². The average Bonchev–Trinajstić information content (AvgIpc) is 2.95. The van der Waals surface area contributed by atoms with Crippen molar-refractivity contribution in [3.63, 3.8) is 0 Å². The average molecular weight is 308 g/mol. The van der Waals surface area contributed by atoms with Crippen molar-refractivity contribution in [2.24, 2.45) is 5.73 Å². The van der Waals surface area contributed by atoms with E-state index in [9.17, 15) is 0 Å². The molecule has 1 aromatic heterocycles. The number of aromatic nitrogens is 1. The Kier molecular flexibility index (Phi) is 2.81. The molecule has 0 bridgehead atoms. The Bertz CT molecular complexity index is 1080. The van der Waals surface area contributed by atoms with E-state index < -0.39 is 0 Å². The van der Waals surface area contributed by atoms with E-state index in [4.69, 9.17) is 10.7 Å². The van der Waals surface area contributed by atoms with Gasteiger partial charge in [-0.05, 0) is 34.4 Å². The maximum absolute atomic E-state index is 6.48. The number of nitrogens with two attached hydrogens (primary N) is 1. The van der Waals surface area contributed by atoms with Crippen LogP contribution in [0, 0.1) is 0 Å². The molecule has 4 aromatic rings. The lowest BCUT2D eigenvalue weighted by Crippen LogP contribution is -2.07. The molecule has 1 aliphatic rings. The van der Waals surface area contributed by atoms with Crippen molar-refractivity contribution in [3.8, 4) is 22.4 Å². The Balaban J connectivity index is 1.79. The number of para-hydroxylation sites is 1. The van der Waals surface area contributed by atoms with Crippen molar-refractivity contribution in [1.82, 2.24) is 4.98 Å². The van der Waals surface area contributed by atoms with E-state index in [-0.39, 0.29) is 6.04 Å². The molecule has 0 fully saturated rings. The molecular formula is C22H16N2. The van der Waals surface area contributed by atoms with Crippen LogP contribution in [-0.2, 0) is 0 Å². The summed E-state index contributed by atoms with van der Waals surface area (Å²) in [4.78, 5) is 4.88. The Morgan fingerprint density at radius 3 is 2.38 bits per heavy atom. The van der Waals surface area contributed by atoms with E-state index in [1.54, 1.807) is 0 Å². The standard InChI is InChI=1S/C22H16N2/c23-22-16-8-3-2-7-15(16)21-17(9-5-10-18(21)22)20-13-12-14-6-1-4-11-19(14)24-20/h1-13,22H,23H2/t22-/m1/s1. The van der Waals surface area contributed by atoms with Gasteiger partial charge in [-0.3, -0.25) is 0 Å². The lowest BCUT2D eigenvalue weighted by Gasteiger charge is -2.11. The molecule has 2 N–H and O–H groups in total. The highest BCUT2D eigenvalue weighted by molar-refractivity contribution is 5.92. The number of hydrogen-bond donors (Lipinski definition) is 1. The van der Waals surface area contributed by atoms with Crippen LogP contribution in [0.4, 0.5) is 0 Å². The summed E-state index contributed by atoms with van der Waals surface area (Å²) in [5, 5.41) is 1.16. The minimum atomic E-state index is -0.0587. The van der Waals surface area contributed by atoms with Gasteiger partial charge in [-0.1, -0.05) is 66.7 Å². The molecule has 0 unspecified atom stereocenters. The number of rotatable bonds is 1. The minimum Gasteiger partial charge on any atom is -0.320 e. The Morgan fingerprint density at radius 2 is 1.42 bits per heavy atom. The molecule has 0 amide bonds. The van der Waals surface area contributed by atoms with Crippen molar-refractivity contribution in [2.45, 2.75) is 6.04 Å². The van der Waals surface area contributed by atoms with Gasteiger partial charge in [-0.25, -0.2) is 4.98 Å². The fourth-order valence-corrected chi connectivity index (χ4v) is 3.72. The Hall–Kier alpha value is -2.97. The summed E-state index contributed by atoms with van der Waals surface area (Å²) in [5.41, 5.74) is 14.5. The van der Waals surface area contributed by atoms with Gasteiger partial charge in [0.25, 0.3) is 0 Å². The van der Waals surface area contributed by atoms with Crippen molar-refractivity contribution in [1.29, 1.82) is 0 Å². The normalized spacial score (nSPS) is 15.3. The third-order valence-corrected chi connectivity index (χ3v) is 4.87. The summed E-state index contributed by atoms with van der Waals surface area (Å²) in [6, 6.07) is 27.2. The monoisotopic (exact) mass is 308 g/mol. The van der Waals surface area contributed by atoms with E-state index in [0.717, 1.165) is 22.2 Å². The van der Waals surface area contributed by atoms with Crippen LogP contribution in [0.1, 0.15) is 17.2 Å². The highest BCUT2D eigenvalue weighted by Gasteiger charge is 2.28. The molecule has 24 heavy (non-hydrogen) atoms. The third kappa shape index (κ3) is 1.84. The van der Waals surface area contributed by atoms with Crippen LogP contribution in [0.3, 0.4) is 0 Å². The molecule has 2 nitrogen and oxygen atoms in total. The number of nitrogens with zero attached hydrogens (tertiary/aromatic N) is 1. The molecule has 0 saturated heterocycles. The maximum Gasteiger partial charge on any atom is 0.0716 e. The number of hydrogen-bond acceptors (Lipinski definition) is 2. The number of fused-ring (bicyclic) bond motifs is 4. The van der Waals surface area contributed by atoms with Gasteiger partial charge in [-0.2, -0.15) is 0 Å². The van der Waals surface area contributed by atoms with E-state index in [1.807, 2.05) is 12.1 Å². The van der Waals surface area contributed by atoms with Gasteiger partial charge < -0.3 is 5.73 Å². The van der Waals surface area contributed by atoms with Gasteiger partial charge >= 0.3 is 0 Å². The first-order valence-electron chi connectivity index (χ1n) is 8.17. The molecule has 0 spiro atoms. The molecule has 3 aromatic carbocycles. The maximum atomic E-state index is 6.48. The fourth-order valence-electron chi connectivity index (χ4n) is 3.72. The molecule has 0 saturated carbocycles. The largest absolute Gasteiger partial charge is 0.320 e. The molecular weight excluding hydrogens is 292 g/mol. The van der Waals surface area contributed by atoms with Crippen molar-refractivity contribution in [3.05, 3.63) is 90.0 Å². The van der Waals surface area contributed by atoms with Crippen LogP contribution in [0.15, 0.2) is 78.9 Å². The number of benzene rings is 3. The first kappa shape index (κ1) is 13.5. The van der Waals surface area contributed by atoms with Crippen LogP contribution in [0.5, 0.6) is 0 Å². The summed E-state index contributed by atoms with van der Waals surface area (Å²) in [7, 11) is 0. The predicted molar refractivity (Wildman–Crippen MR) is 98.6 cm³/mol. The van der Waals surface area contributed by atoms with Crippen LogP contribution >= 0.6 is 0 Å². The minimum absolute atomic E-state index is 0.0587. The first-order chi connectivity index (χ1) is 11.8. The summed E-state index contributed by atoms with van der Waals surface area (Å²) in [6.07, 6.45) is 0. The van der Waals surface area contributed by atoms with Crippen molar-refractivity contribution < 1.29 is 0 Å². The molecule has 0 radical (unpaired) electrons. The molecule has 1 atom stereocenters. The van der Waals surface area contributed by atoms with Crippen molar-refractivity contribution >= 4 is 10.9 Å². The van der Waals surface area contributed by atoms with Gasteiger partial charge in [0.05, 0.1) is 17.3 Å². The zero-order valence-corrected chi connectivity index (χ0v) is 13.1. The summed E-state index contributed by atoms with van der Waals surface area (Å²) < 4.78 is 0. The molecule has 0 aliphatic heterocycles. The fraction of sp³-hybridized carbons (Fsp3) is 0.0455. The van der Waals surface area contributed by atoms with Gasteiger partial charge in [0, 0.05) is 10.9 Å². The highest BCUT2D eigenvalue weighted by Crippen LogP contribution is 2.46. The van der Waals surface area contributed by atoms with E-state index in [1.165, 1.54) is 22.3 Å². The van der Waals surface area contributed by atoms with Gasteiger partial charge in [-0.15, -0.1) is 0 Å². The molecule has 1 heterocycles. The summed E-state index contributed by atoms with van der Waals surface area (Å²) in [5.74, 6) is 0. The Labute approximate surface area is 140 Å². The second-order valence-electron chi connectivity index (χ2n) is 6.22. The molecule has 5 rings (SSSR count). The number of pyridine rings is 1. The summed E-state index contributed by atoms with van der Waals surface area (Å²) >= 11 is 0. The zero-order chi connectivity index (χ0) is 16.1. The van der Waals surface area contributed by atoms with Crippen LogP contribution in [0.2, 0.25) is 0 Å². The lowest BCUT2D eigenvalue weighted by atomic mass is 9.96. The highest BCUT2D eigenvalue weighted by atomic mass is 14.7. The zero-order valence-electron chi connectivity index (χ0n) is 13.1. The van der Waals surface area contributed by atoms with Crippen LogP contribution < -0.4 is 5.73 Å². The SMILES string of the molecule is N[C@@H]1c2ccccc2-c2c(-c3ccc4ccccc4n3)cccc21. The topological polar surface area (TPSA) is 38.9 Å². The summed E-state index contributed by atoms with van der Waals surface area (Å²) in [6.45, 7) is 0. The predicted octanol–water partition coefficient (Wildman–Crippen LogP) is 4.93. The smallest absolute Gasteiger partial charge is 0.0716 e. The Morgan fingerprint density at radius 1 is 0.667 bits per heavy atom. The van der Waals surface area contributed by atoms with Gasteiger partial charge in [0.15, 0.2) is 0 Å². The van der Waals surface area contributed by atoms with E-state index in [0.29, 0.717) is 0 Å². The van der Waals surface area contributed by atoms with Crippen LogP contribution in [0.25, 0.3) is 33.3 Å². The quantitative estimate of drug-likeness (QED) is 0.541. The van der Waals surface area contributed by atoms with Crippen molar-refractivity contribution in [2.75, 3.05) is 0 Å². The molecule has 1 aliphatic carbocycles. The van der Waals surface area contributed by atoms with E-state index >= 15 is 0 Å². The van der Waals surface area contributed by atoms with Crippen LogP contribution in [-0.4, -0.2) is 4.98 Å². The second kappa shape index (κ2) is 5.02. The first-order valence-corrected chi connectivity index (χ1v) is 8.17. The third-order valence-electron chi connectivity index (χ3n) is 4.87. The molecule has 2 heteroatoms. The second-order valence-corrected chi connectivity index (χ2v) is 6.22.